The van der Waals surface area contributed by atoms with E-state index in [9.17, 15) is 22.8 Å². The predicted octanol–water partition coefficient (Wildman–Crippen LogP) is 14.9. The Morgan fingerprint density at radius 3 is 1.63 bits per heavy atom. The van der Waals surface area contributed by atoms with Crippen molar-refractivity contribution in [3.8, 4) is 65.9 Å². The van der Waals surface area contributed by atoms with Crippen LogP contribution in [0.1, 0.15) is 63.2 Å². The van der Waals surface area contributed by atoms with Crippen molar-refractivity contribution in [2.75, 3.05) is 4.90 Å². The smallest absolute Gasteiger partial charge is 0.753 e. The van der Waals surface area contributed by atoms with E-state index in [4.69, 9.17) is 14.9 Å². The molecule has 0 aliphatic heterocycles. The Morgan fingerprint density at radius 1 is 0.613 bits per heavy atom. The van der Waals surface area contributed by atoms with Crippen LogP contribution in [0.3, 0.4) is 0 Å². The summed E-state index contributed by atoms with van der Waals surface area (Å²) in [7, 11) is 0. The summed E-state index contributed by atoms with van der Waals surface area (Å²) < 4.78 is 48.8. The van der Waals surface area contributed by atoms with E-state index in [1.54, 1.807) is 65.4 Å². The maximum Gasteiger partial charge on any atom is 2.00 e. The van der Waals surface area contributed by atoms with Crippen LogP contribution in [0.15, 0.2) is 146 Å². The molecule has 2 aromatic carbocycles. The first-order chi connectivity index (χ1) is 35.3. The first kappa shape index (κ1) is 56.9. The molecule has 0 radical (unpaired) electrons. The molecular weight excluding hydrogens is 1100 g/mol. The normalized spacial score (nSPS) is 11.1. The third-order valence-electron chi connectivity index (χ3n) is 11.1. The molecule has 0 saturated heterocycles. The van der Waals surface area contributed by atoms with Crippen LogP contribution in [0, 0.1) is 6.92 Å². The zero-order valence-corrected chi connectivity index (χ0v) is 45.6. The number of hydrogen-bond donors (Lipinski definition) is 0. The number of anilines is 3. The second kappa shape index (κ2) is 24.8. The number of ether oxygens (including phenoxy) is 2. The minimum absolute atomic E-state index is 0. The molecular formula is C56H47F3N8O4RuS3. The molecule has 0 saturated carbocycles. The van der Waals surface area contributed by atoms with Gasteiger partial charge in [-0.2, -0.15) is 18.3 Å². The maximum atomic E-state index is 12.9. The van der Waals surface area contributed by atoms with Crippen molar-refractivity contribution < 1.29 is 51.7 Å². The molecule has 0 N–H and O–H groups in total. The van der Waals surface area contributed by atoms with Crippen LogP contribution in [0.5, 0.6) is 11.5 Å². The van der Waals surface area contributed by atoms with E-state index < -0.39 is 11.9 Å². The standard InChI is InChI=1S/C29H30F3N4.C26H17N3O4S2.CNS.Ru/c1-27(2,3)19-7-11-21(12-8-19)36(22-13-9-20(10-14-22)28(4,5)6)23-15-16-24(33-18-23)25-17-26(35-34-25)29(30,31)32;1-16-2-3-25(34-16)26-5-4-24(35-26)17-6-8-27-20(10-17)22-12-19(33-15-31)13-23(29-22)21-11-18(32-14-30)7-9-28-21;2-1-3;/h7-18H,1-6H3;2-15H,1H3;;/q-1;;-1;+2. The van der Waals surface area contributed by atoms with Crippen LogP contribution >= 0.6 is 34.9 Å². The molecule has 19 heteroatoms. The number of halogens is 3. The van der Waals surface area contributed by atoms with E-state index in [-0.39, 0.29) is 36.0 Å². The second-order valence-electron chi connectivity index (χ2n) is 18.4. The molecule has 9 aromatic rings. The van der Waals surface area contributed by atoms with Gasteiger partial charge in [0.25, 0.3) is 12.9 Å². The summed E-state index contributed by atoms with van der Waals surface area (Å²) in [5.74, 6) is 0.617. The second-order valence-corrected chi connectivity index (χ2v) is 21.0. The minimum Gasteiger partial charge on any atom is -0.753 e. The van der Waals surface area contributed by atoms with Crippen LogP contribution in [-0.4, -0.2) is 43.1 Å². The Morgan fingerprint density at radius 2 is 1.12 bits per heavy atom. The van der Waals surface area contributed by atoms with E-state index in [1.165, 1.54) is 37.1 Å². The number of pyridine rings is 4. The number of aryl methyl sites for hydroxylation is 1. The molecule has 382 valence electrons. The van der Waals surface area contributed by atoms with Crippen molar-refractivity contribution in [2.45, 2.75) is 65.5 Å². The van der Waals surface area contributed by atoms with E-state index in [0.717, 1.165) is 33.6 Å². The SMILES string of the molecule is CC(C)(C)c1ccc(N(c2ccc(C(C)(C)C)cc2)c2ccc(-c3cc(C(F)(F)F)n[n-]3)nc2)cc1.Cc1ccc(-c2ccc(-c3ccnc(-c4cc(OC=O)cc(-c5cc(OC=O)ccn5)n4)c3)s2)s1.[N-]=C=S.[Ru+2]. The van der Waals surface area contributed by atoms with Gasteiger partial charge in [0.1, 0.15) is 17.2 Å². The van der Waals surface area contributed by atoms with Gasteiger partial charge in [-0.3, -0.25) is 24.5 Å². The average molecular weight is 1150 g/mol. The molecule has 0 amide bonds. The number of aromatic nitrogens is 6. The van der Waals surface area contributed by atoms with Gasteiger partial charge in [0, 0.05) is 67.2 Å². The zero-order valence-electron chi connectivity index (χ0n) is 41.4. The van der Waals surface area contributed by atoms with Gasteiger partial charge in [0.15, 0.2) is 0 Å². The molecule has 7 aromatic heterocycles. The van der Waals surface area contributed by atoms with Gasteiger partial charge < -0.3 is 30.0 Å². The number of thiophene rings is 2. The van der Waals surface area contributed by atoms with Crippen LogP contribution in [0.2, 0.25) is 0 Å². The monoisotopic (exact) mass is 1150 g/mol. The van der Waals surface area contributed by atoms with Crippen molar-refractivity contribution >= 4 is 70.1 Å². The summed E-state index contributed by atoms with van der Waals surface area (Å²) in [6.07, 6.45) is 0.336. The topological polar surface area (TPSA) is 157 Å². The number of nitrogens with zero attached hydrogens (tertiary/aromatic N) is 8. The molecule has 0 unspecified atom stereocenters. The quantitative estimate of drug-likeness (QED) is 0.0494. The van der Waals surface area contributed by atoms with E-state index in [1.807, 2.05) is 18.2 Å². The minimum atomic E-state index is -4.54. The summed E-state index contributed by atoms with van der Waals surface area (Å²) in [6, 6.07) is 39.9. The number of carbonyl (C=O) groups excluding carboxylic acids is 2. The molecule has 0 bridgehead atoms. The maximum absolute atomic E-state index is 12.9. The van der Waals surface area contributed by atoms with Crippen LogP contribution in [0.25, 0.3) is 59.8 Å². The number of rotatable bonds is 12. The largest absolute Gasteiger partial charge is 2.00 e. The Balaban J connectivity index is 0.000000229. The molecule has 75 heavy (non-hydrogen) atoms. The third kappa shape index (κ3) is 14.7. The Labute approximate surface area is 458 Å². The third-order valence-corrected chi connectivity index (χ3v) is 13.5. The van der Waals surface area contributed by atoms with Crippen molar-refractivity contribution in [3.05, 3.63) is 173 Å². The predicted molar refractivity (Wildman–Crippen MR) is 289 cm³/mol. The van der Waals surface area contributed by atoms with E-state index in [0.29, 0.717) is 52.9 Å². The molecule has 0 fully saturated rings. The number of benzene rings is 2. The molecule has 0 aliphatic rings. The Kier molecular flexibility index (Phi) is 18.8. The first-order valence-corrected chi connectivity index (χ1v) is 24.7. The fourth-order valence-electron chi connectivity index (χ4n) is 7.38. The zero-order chi connectivity index (χ0) is 53.2. The molecule has 0 aliphatic carbocycles. The van der Waals surface area contributed by atoms with Crippen molar-refractivity contribution in [1.82, 2.24) is 30.1 Å². The number of hydrogen-bond acceptors (Lipinski definition) is 13. The van der Waals surface area contributed by atoms with Gasteiger partial charge in [-0.05, 0) is 119 Å². The van der Waals surface area contributed by atoms with Gasteiger partial charge in [0.2, 0.25) is 0 Å². The number of alkyl halides is 3. The van der Waals surface area contributed by atoms with Crippen molar-refractivity contribution in [3.63, 3.8) is 0 Å². The van der Waals surface area contributed by atoms with E-state index in [2.05, 4.69) is 169 Å². The summed E-state index contributed by atoms with van der Waals surface area (Å²) in [6.45, 7) is 15.8. The fourth-order valence-corrected chi connectivity index (χ4v) is 9.34. The number of thiocarbonyl (C=S) groups is 1. The Bertz CT molecular complexity index is 3340. The van der Waals surface area contributed by atoms with Gasteiger partial charge in [-0.25, -0.2) is 4.98 Å². The average Bonchev–Trinajstić information content (AvgIpc) is 4.18. The molecule has 0 spiro atoms. The summed E-state index contributed by atoms with van der Waals surface area (Å²) in [4.78, 5) is 46.6. The number of carbonyl (C=O) groups is 2. The van der Waals surface area contributed by atoms with Crippen molar-refractivity contribution in [2.24, 2.45) is 0 Å². The summed E-state index contributed by atoms with van der Waals surface area (Å²) >= 11 is 7.18. The van der Waals surface area contributed by atoms with Gasteiger partial charge in [0.05, 0.1) is 34.7 Å². The molecule has 12 nitrogen and oxygen atoms in total. The van der Waals surface area contributed by atoms with E-state index >= 15 is 0 Å². The number of isothiocyanates is 1. The van der Waals surface area contributed by atoms with Gasteiger partial charge in [-0.15, -0.1) is 22.7 Å². The summed E-state index contributed by atoms with van der Waals surface area (Å²) in [5.41, 5.74) is 7.58. The van der Waals surface area contributed by atoms with Crippen LogP contribution in [-0.2, 0) is 46.1 Å². The van der Waals surface area contributed by atoms with Gasteiger partial charge in [-0.1, -0.05) is 83.7 Å². The Hall–Kier alpha value is -7.40. The fraction of sp³-hybridized carbons (Fsp3) is 0.179. The molecule has 9 rings (SSSR count). The van der Waals surface area contributed by atoms with Crippen LogP contribution in [0.4, 0.5) is 30.2 Å². The van der Waals surface area contributed by atoms with Crippen LogP contribution < -0.4 is 19.5 Å². The van der Waals surface area contributed by atoms with Crippen molar-refractivity contribution in [1.29, 1.82) is 0 Å². The first-order valence-electron chi connectivity index (χ1n) is 22.7. The summed E-state index contributed by atoms with van der Waals surface area (Å²) in [5, 5.41) is 15.4. The van der Waals surface area contributed by atoms with Gasteiger partial charge >= 0.3 is 25.7 Å². The molecule has 0 atom stereocenters. The molecule has 7 heterocycles.